The van der Waals surface area contributed by atoms with Crippen molar-refractivity contribution in [1.29, 1.82) is 0 Å². The van der Waals surface area contributed by atoms with Crippen LogP contribution in [0.3, 0.4) is 0 Å². The van der Waals surface area contributed by atoms with Crippen LogP contribution in [0.5, 0.6) is 0 Å². The Balaban J connectivity index is 1.39. The number of thioether (sulfide) groups is 1. The van der Waals surface area contributed by atoms with E-state index in [0.29, 0.717) is 0 Å². The summed E-state index contributed by atoms with van der Waals surface area (Å²) in [4.78, 5) is 44.4. The molecule has 3 fully saturated rings. The smallest absolute Gasteiger partial charge is 0.326 e. The highest BCUT2D eigenvalue weighted by atomic mass is 32.2. The maximum atomic E-state index is 13.4. The van der Waals surface area contributed by atoms with E-state index in [2.05, 4.69) is 29.2 Å². The van der Waals surface area contributed by atoms with E-state index < -0.39 is 5.97 Å². The van der Waals surface area contributed by atoms with E-state index in [-0.39, 0.29) is 65.7 Å². The lowest BCUT2D eigenvalue weighted by molar-refractivity contribution is -0.153. The Morgan fingerprint density at radius 1 is 1.19 bits per heavy atom. The number of aromatic amines is 1. The number of likely N-dealkylation sites (tertiary alicyclic amines) is 1. The zero-order valence-corrected chi connectivity index (χ0v) is 19.8. The molecule has 2 saturated carbocycles. The Labute approximate surface area is 198 Å². The number of hydrogen-bond acceptors (Lipinski definition) is 7. The van der Waals surface area contributed by atoms with Gasteiger partial charge in [0.05, 0.1) is 23.5 Å². The fourth-order valence-corrected chi connectivity index (χ4v) is 9.94. The van der Waals surface area contributed by atoms with Gasteiger partial charge in [0.15, 0.2) is 3.95 Å². The number of nitrogens with zero attached hydrogens (tertiary/aromatic N) is 1. The molecule has 7 atom stereocenters. The van der Waals surface area contributed by atoms with Gasteiger partial charge in [-0.25, -0.2) is 0 Å². The Kier molecular flexibility index (Phi) is 4.85. The molecule has 4 aliphatic rings. The number of amides is 2. The maximum Gasteiger partial charge on any atom is 0.326 e. The first-order valence-corrected chi connectivity index (χ1v) is 13.1. The Morgan fingerprint density at radius 3 is 2.62 bits per heavy atom. The number of carbonyl (C=O) groups is 3. The average molecular weight is 487 g/mol. The van der Waals surface area contributed by atoms with Crippen molar-refractivity contribution >= 4 is 53.1 Å². The summed E-state index contributed by atoms with van der Waals surface area (Å²) in [6.45, 7) is 1.68. The molecule has 2 aliphatic heterocycles. The molecule has 0 radical (unpaired) electrons. The number of aromatic nitrogens is 1. The number of ether oxygens (including phenoxy) is 1. The second kappa shape index (κ2) is 7.53. The van der Waals surface area contributed by atoms with Crippen molar-refractivity contribution in [1.82, 2.24) is 9.88 Å². The molecule has 2 bridgehead atoms. The summed E-state index contributed by atoms with van der Waals surface area (Å²) in [6.07, 6.45) is 0.890. The molecule has 9 heteroatoms. The van der Waals surface area contributed by atoms with Gasteiger partial charge < -0.3 is 9.72 Å². The van der Waals surface area contributed by atoms with Crippen LogP contribution in [0.4, 0.5) is 0 Å². The molecule has 2 aliphatic carbocycles. The van der Waals surface area contributed by atoms with Gasteiger partial charge in [0, 0.05) is 16.0 Å². The number of H-pyrrole nitrogens is 1. The van der Waals surface area contributed by atoms with Gasteiger partial charge >= 0.3 is 5.97 Å². The van der Waals surface area contributed by atoms with Crippen LogP contribution in [0.25, 0.3) is 0 Å². The zero-order valence-electron chi connectivity index (χ0n) is 17.4. The van der Waals surface area contributed by atoms with Crippen molar-refractivity contribution in [3.8, 4) is 0 Å². The zero-order chi connectivity index (χ0) is 22.1. The predicted octanol–water partition coefficient (Wildman–Crippen LogP) is 3.84. The van der Waals surface area contributed by atoms with Gasteiger partial charge in [0.25, 0.3) is 0 Å². The third-order valence-corrected chi connectivity index (χ3v) is 10.5. The first-order valence-electron chi connectivity index (χ1n) is 10.9. The molecule has 2 amide bonds. The van der Waals surface area contributed by atoms with Crippen LogP contribution in [0, 0.1) is 33.5 Å². The van der Waals surface area contributed by atoms with Crippen LogP contribution in [-0.4, -0.2) is 46.1 Å². The molecule has 166 valence electrons. The standard InChI is InChI=1S/C23H22N2O4S3/c1-2-29-13(26)9-25-21(27)16-11-8-12(17(16)22(25)28)18-15(11)14(10-6-4-3-5-7-10)19-20(31-18)24-23(30)32-19/h3-7,11-12,14-18H,2,8-9H2,1H3,(H,24,30). The quantitative estimate of drug-likeness (QED) is 0.402. The highest BCUT2D eigenvalue weighted by molar-refractivity contribution is 8.00. The number of benzene rings is 1. The van der Waals surface area contributed by atoms with Crippen molar-refractivity contribution < 1.29 is 19.1 Å². The highest BCUT2D eigenvalue weighted by Gasteiger charge is 2.69. The number of carbonyl (C=O) groups excluding carboxylic acids is 3. The van der Waals surface area contributed by atoms with E-state index in [1.807, 2.05) is 6.07 Å². The van der Waals surface area contributed by atoms with Crippen LogP contribution in [-0.2, 0) is 19.1 Å². The van der Waals surface area contributed by atoms with Crippen LogP contribution in [0.15, 0.2) is 35.4 Å². The van der Waals surface area contributed by atoms with Crippen LogP contribution in [0.2, 0.25) is 0 Å². The number of fused-ring (bicyclic) bond motifs is 9. The molecule has 6 nitrogen and oxygen atoms in total. The molecule has 1 aromatic carbocycles. The van der Waals surface area contributed by atoms with Crippen molar-refractivity contribution in [2.75, 3.05) is 13.2 Å². The van der Waals surface area contributed by atoms with Gasteiger partial charge in [-0.1, -0.05) is 30.3 Å². The van der Waals surface area contributed by atoms with E-state index >= 15 is 0 Å². The SMILES string of the molecule is CCOC(=O)CN1C(=O)C2C3CC(C2C1=O)C1C(c2ccccc2)c2sc(=S)[nH]c2SC31. The molecule has 1 N–H and O–H groups in total. The summed E-state index contributed by atoms with van der Waals surface area (Å²) >= 11 is 8.90. The van der Waals surface area contributed by atoms with Gasteiger partial charge in [-0.2, -0.15) is 0 Å². The minimum absolute atomic E-state index is 0.125. The largest absolute Gasteiger partial charge is 0.465 e. The molecule has 7 unspecified atom stereocenters. The van der Waals surface area contributed by atoms with Gasteiger partial charge in [0.2, 0.25) is 11.8 Å². The second-order valence-electron chi connectivity index (χ2n) is 8.94. The molecule has 6 rings (SSSR count). The lowest BCUT2D eigenvalue weighted by Crippen LogP contribution is -2.42. The van der Waals surface area contributed by atoms with Crippen LogP contribution in [0.1, 0.15) is 29.7 Å². The first kappa shape index (κ1) is 20.6. The topological polar surface area (TPSA) is 79.5 Å². The van der Waals surface area contributed by atoms with Crippen LogP contribution < -0.4 is 0 Å². The number of thiazole rings is 1. The van der Waals surface area contributed by atoms with E-state index in [1.54, 1.807) is 30.0 Å². The van der Waals surface area contributed by atoms with Gasteiger partial charge in [-0.05, 0) is 48.9 Å². The molecule has 1 saturated heterocycles. The van der Waals surface area contributed by atoms with Crippen molar-refractivity contribution in [3.63, 3.8) is 0 Å². The molecular weight excluding hydrogens is 464 g/mol. The third-order valence-electron chi connectivity index (χ3n) is 7.57. The Morgan fingerprint density at radius 2 is 1.91 bits per heavy atom. The molecule has 3 heterocycles. The van der Waals surface area contributed by atoms with Crippen LogP contribution >= 0.6 is 35.3 Å². The van der Waals surface area contributed by atoms with Gasteiger partial charge in [-0.15, -0.1) is 23.1 Å². The summed E-state index contributed by atoms with van der Waals surface area (Å²) in [5.41, 5.74) is 1.23. The number of rotatable bonds is 4. The maximum absolute atomic E-state index is 13.4. The van der Waals surface area contributed by atoms with E-state index in [1.165, 1.54) is 10.4 Å². The average Bonchev–Trinajstić information content (AvgIpc) is 3.50. The van der Waals surface area contributed by atoms with Gasteiger partial charge in [0.1, 0.15) is 6.54 Å². The molecule has 0 spiro atoms. The minimum Gasteiger partial charge on any atom is -0.465 e. The first-order chi connectivity index (χ1) is 15.5. The Bertz CT molecular complexity index is 1180. The summed E-state index contributed by atoms with van der Waals surface area (Å²) in [5, 5.41) is 1.36. The highest BCUT2D eigenvalue weighted by Crippen LogP contribution is 2.68. The number of hydrogen-bond donors (Lipinski definition) is 1. The normalized spacial score (nSPS) is 34.4. The lowest BCUT2D eigenvalue weighted by Gasteiger charge is -2.43. The summed E-state index contributed by atoms with van der Waals surface area (Å²) in [5.74, 6) is -0.882. The van der Waals surface area contributed by atoms with Crippen molar-refractivity contribution in [3.05, 3.63) is 44.7 Å². The van der Waals surface area contributed by atoms with Crippen molar-refractivity contribution in [2.45, 2.75) is 29.5 Å². The fourth-order valence-electron chi connectivity index (χ4n) is 6.60. The minimum atomic E-state index is -0.523. The van der Waals surface area contributed by atoms with E-state index in [0.717, 1.165) is 20.3 Å². The van der Waals surface area contributed by atoms with Crippen molar-refractivity contribution in [2.24, 2.45) is 29.6 Å². The van der Waals surface area contributed by atoms with E-state index in [4.69, 9.17) is 17.0 Å². The molecule has 32 heavy (non-hydrogen) atoms. The Hall–Kier alpha value is -1.97. The summed E-state index contributed by atoms with van der Waals surface area (Å²) in [7, 11) is 0. The summed E-state index contributed by atoms with van der Waals surface area (Å²) in [6, 6.07) is 10.4. The number of esters is 1. The predicted molar refractivity (Wildman–Crippen MR) is 123 cm³/mol. The fraction of sp³-hybridized carbons (Fsp3) is 0.478. The van der Waals surface area contributed by atoms with Gasteiger partial charge in [-0.3, -0.25) is 19.3 Å². The molecule has 2 aromatic rings. The number of imide groups is 1. The number of nitrogens with one attached hydrogen (secondary N) is 1. The monoisotopic (exact) mass is 486 g/mol. The second-order valence-corrected chi connectivity index (χ2v) is 11.8. The molecule has 1 aromatic heterocycles. The third kappa shape index (κ3) is 2.83. The lowest BCUT2D eigenvalue weighted by atomic mass is 9.68. The van der Waals surface area contributed by atoms with E-state index in [9.17, 15) is 14.4 Å². The summed E-state index contributed by atoms with van der Waals surface area (Å²) < 4.78 is 5.77. The molecular formula is C23H22N2O4S3.